The summed E-state index contributed by atoms with van der Waals surface area (Å²) in [6, 6.07) is 8.29. The molecule has 0 saturated carbocycles. The summed E-state index contributed by atoms with van der Waals surface area (Å²) in [4.78, 5) is 18.0. The van der Waals surface area contributed by atoms with Crippen molar-refractivity contribution in [2.45, 2.75) is 39.3 Å². The normalized spacial score (nSPS) is 18.0. The number of benzene rings is 1. The van der Waals surface area contributed by atoms with Crippen molar-refractivity contribution in [3.63, 3.8) is 0 Å². The van der Waals surface area contributed by atoms with Gasteiger partial charge in [-0.2, -0.15) is 0 Å². The number of amides is 1. The lowest BCUT2D eigenvalue weighted by Crippen LogP contribution is -2.44. The lowest BCUT2D eigenvalue weighted by Gasteiger charge is -2.18. The predicted molar refractivity (Wildman–Crippen MR) is 99.6 cm³/mol. The van der Waals surface area contributed by atoms with Crippen LogP contribution < -0.4 is 10.6 Å². The molecule has 1 aromatic carbocycles. The number of likely N-dealkylation sites (tertiary alicyclic amines) is 1. The first-order valence-corrected chi connectivity index (χ1v) is 8.84. The van der Waals surface area contributed by atoms with Crippen LogP contribution in [0.3, 0.4) is 0 Å². The van der Waals surface area contributed by atoms with E-state index in [1.54, 1.807) is 7.05 Å². The first kappa shape index (κ1) is 17.3. The molecule has 2 N–H and O–H groups in total. The first-order chi connectivity index (χ1) is 12.1. The lowest BCUT2D eigenvalue weighted by atomic mass is 10.1. The van der Waals surface area contributed by atoms with Gasteiger partial charge in [-0.3, -0.25) is 9.79 Å². The zero-order chi connectivity index (χ0) is 17.8. The van der Waals surface area contributed by atoms with Crippen LogP contribution >= 0.6 is 0 Å². The summed E-state index contributed by atoms with van der Waals surface area (Å²) in [5.74, 6) is 1.86. The van der Waals surface area contributed by atoms with E-state index in [9.17, 15) is 4.79 Å². The molecule has 2 aromatic rings. The standard InChI is InChI=1S/C19H26N4O2/c1-4-18(24)23-10-9-14(12-23)22-19(20-3)21-11-17-13(2)15-7-5-6-8-16(15)25-17/h5-8,14H,4,9-12H2,1-3H3,(H2,20,21,22). The number of nitrogens with zero attached hydrogens (tertiary/aromatic N) is 2. The molecule has 1 aromatic heterocycles. The summed E-state index contributed by atoms with van der Waals surface area (Å²) in [7, 11) is 1.75. The maximum absolute atomic E-state index is 11.8. The van der Waals surface area contributed by atoms with E-state index in [0.29, 0.717) is 13.0 Å². The average molecular weight is 342 g/mol. The van der Waals surface area contributed by atoms with Crippen molar-refractivity contribution in [3.05, 3.63) is 35.6 Å². The van der Waals surface area contributed by atoms with Crippen LogP contribution in [0, 0.1) is 6.92 Å². The summed E-state index contributed by atoms with van der Waals surface area (Å²) >= 11 is 0. The fourth-order valence-electron chi connectivity index (χ4n) is 3.27. The summed E-state index contributed by atoms with van der Waals surface area (Å²) in [6.45, 7) is 6.09. The number of furan rings is 1. The van der Waals surface area contributed by atoms with E-state index in [4.69, 9.17) is 4.42 Å². The minimum atomic E-state index is 0.213. The predicted octanol–water partition coefficient (Wildman–Crippen LogP) is 2.42. The second-order valence-electron chi connectivity index (χ2n) is 6.40. The number of hydrogen-bond donors (Lipinski definition) is 2. The van der Waals surface area contributed by atoms with Crippen molar-refractivity contribution in [1.29, 1.82) is 0 Å². The van der Waals surface area contributed by atoms with Crippen LogP contribution in [0.25, 0.3) is 11.0 Å². The number of para-hydroxylation sites is 1. The zero-order valence-corrected chi connectivity index (χ0v) is 15.1. The number of aliphatic imine (C=N–C) groups is 1. The SMILES string of the molecule is CCC(=O)N1CCC(NC(=NC)NCc2oc3ccccc3c2C)C1. The Balaban J connectivity index is 1.58. The highest BCUT2D eigenvalue weighted by molar-refractivity contribution is 5.83. The highest BCUT2D eigenvalue weighted by Gasteiger charge is 2.25. The third-order valence-corrected chi connectivity index (χ3v) is 4.77. The maximum Gasteiger partial charge on any atom is 0.222 e. The Morgan fingerprint density at radius 1 is 1.40 bits per heavy atom. The Hall–Kier alpha value is -2.50. The molecule has 1 unspecified atom stereocenters. The van der Waals surface area contributed by atoms with E-state index in [0.717, 1.165) is 47.8 Å². The fraction of sp³-hybridized carbons (Fsp3) is 0.474. The number of nitrogens with one attached hydrogen (secondary N) is 2. The van der Waals surface area contributed by atoms with E-state index >= 15 is 0 Å². The molecule has 1 aliphatic heterocycles. The minimum Gasteiger partial charge on any atom is -0.459 e. The molecule has 0 radical (unpaired) electrons. The zero-order valence-electron chi connectivity index (χ0n) is 15.1. The molecule has 1 aliphatic rings. The van der Waals surface area contributed by atoms with Gasteiger partial charge in [-0.1, -0.05) is 25.1 Å². The van der Waals surface area contributed by atoms with Crippen molar-refractivity contribution >= 4 is 22.8 Å². The van der Waals surface area contributed by atoms with Gasteiger partial charge in [-0.25, -0.2) is 0 Å². The topological polar surface area (TPSA) is 69.9 Å². The van der Waals surface area contributed by atoms with Crippen LogP contribution in [0.4, 0.5) is 0 Å². The highest BCUT2D eigenvalue weighted by atomic mass is 16.3. The lowest BCUT2D eigenvalue weighted by molar-refractivity contribution is -0.129. The fourth-order valence-corrected chi connectivity index (χ4v) is 3.27. The second-order valence-corrected chi connectivity index (χ2v) is 6.40. The van der Waals surface area contributed by atoms with E-state index in [2.05, 4.69) is 28.6 Å². The van der Waals surface area contributed by atoms with Crippen LogP contribution in [0.5, 0.6) is 0 Å². The number of hydrogen-bond acceptors (Lipinski definition) is 3. The van der Waals surface area contributed by atoms with Gasteiger partial charge in [0.1, 0.15) is 11.3 Å². The van der Waals surface area contributed by atoms with Crippen LogP contribution in [-0.2, 0) is 11.3 Å². The molecule has 1 fully saturated rings. The molecule has 1 amide bonds. The number of carbonyl (C=O) groups excluding carboxylic acids is 1. The van der Waals surface area contributed by atoms with Gasteiger partial charge < -0.3 is 20.0 Å². The number of guanidine groups is 1. The van der Waals surface area contributed by atoms with Gasteiger partial charge in [0.15, 0.2) is 5.96 Å². The Labute approximate surface area is 148 Å². The summed E-state index contributed by atoms with van der Waals surface area (Å²) in [5, 5.41) is 7.86. The molecule has 134 valence electrons. The van der Waals surface area contributed by atoms with Crippen molar-refractivity contribution in [2.24, 2.45) is 4.99 Å². The maximum atomic E-state index is 11.8. The molecule has 6 nitrogen and oxygen atoms in total. The third kappa shape index (κ3) is 3.78. The molecule has 0 aliphatic carbocycles. The van der Waals surface area contributed by atoms with Gasteiger partial charge in [0.2, 0.25) is 5.91 Å². The molecule has 3 rings (SSSR count). The van der Waals surface area contributed by atoms with E-state index < -0.39 is 0 Å². The monoisotopic (exact) mass is 342 g/mol. The van der Waals surface area contributed by atoms with Gasteiger partial charge in [0, 0.05) is 43.5 Å². The molecular formula is C19H26N4O2. The number of carbonyl (C=O) groups is 1. The Bertz CT molecular complexity index is 781. The molecule has 0 bridgehead atoms. The highest BCUT2D eigenvalue weighted by Crippen LogP contribution is 2.24. The number of aryl methyl sites for hydroxylation is 1. The van der Waals surface area contributed by atoms with Crippen LogP contribution in [0.15, 0.2) is 33.7 Å². The minimum absolute atomic E-state index is 0.213. The second kappa shape index (κ2) is 7.59. The summed E-state index contributed by atoms with van der Waals surface area (Å²) < 4.78 is 5.93. The average Bonchev–Trinajstić information content (AvgIpc) is 3.23. The van der Waals surface area contributed by atoms with Gasteiger partial charge >= 0.3 is 0 Å². The smallest absolute Gasteiger partial charge is 0.222 e. The van der Waals surface area contributed by atoms with E-state index in [1.807, 2.05) is 30.0 Å². The summed E-state index contributed by atoms with van der Waals surface area (Å²) in [6.07, 6.45) is 1.50. The van der Waals surface area contributed by atoms with Crippen molar-refractivity contribution in [3.8, 4) is 0 Å². The van der Waals surface area contributed by atoms with Gasteiger partial charge in [0.05, 0.1) is 6.54 Å². The van der Waals surface area contributed by atoms with Crippen molar-refractivity contribution < 1.29 is 9.21 Å². The number of fused-ring (bicyclic) bond motifs is 1. The molecule has 1 saturated heterocycles. The van der Waals surface area contributed by atoms with Crippen molar-refractivity contribution in [2.75, 3.05) is 20.1 Å². The van der Waals surface area contributed by atoms with Gasteiger partial charge in [0.25, 0.3) is 0 Å². The van der Waals surface area contributed by atoms with E-state index in [-0.39, 0.29) is 11.9 Å². The Kier molecular flexibility index (Phi) is 5.26. The Morgan fingerprint density at radius 3 is 2.92 bits per heavy atom. The largest absolute Gasteiger partial charge is 0.459 e. The van der Waals surface area contributed by atoms with Crippen LogP contribution in [-0.4, -0.2) is 42.9 Å². The summed E-state index contributed by atoms with van der Waals surface area (Å²) in [5.41, 5.74) is 2.06. The molecule has 6 heteroatoms. The molecule has 0 spiro atoms. The van der Waals surface area contributed by atoms with Crippen LogP contribution in [0.2, 0.25) is 0 Å². The molecule has 1 atom stereocenters. The quantitative estimate of drug-likeness (QED) is 0.661. The molecule has 25 heavy (non-hydrogen) atoms. The molecular weight excluding hydrogens is 316 g/mol. The van der Waals surface area contributed by atoms with Crippen LogP contribution in [0.1, 0.15) is 31.1 Å². The number of rotatable bonds is 4. The first-order valence-electron chi connectivity index (χ1n) is 8.84. The van der Waals surface area contributed by atoms with Gasteiger partial charge in [-0.15, -0.1) is 0 Å². The molecule has 2 heterocycles. The third-order valence-electron chi connectivity index (χ3n) is 4.77. The van der Waals surface area contributed by atoms with Gasteiger partial charge in [-0.05, 0) is 19.4 Å². The Morgan fingerprint density at radius 2 is 2.20 bits per heavy atom. The van der Waals surface area contributed by atoms with E-state index in [1.165, 1.54) is 0 Å². The van der Waals surface area contributed by atoms with Crippen molar-refractivity contribution in [1.82, 2.24) is 15.5 Å².